The number of nitrogens with zero attached hydrogens (tertiary/aromatic N) is 3. The van der Waals surface area contributed by atoms with Crippen molar-refractivity contribution < 1.29 is 69.1 Å². The number of carbonyl (C=O) groups is 1. The topological polar surface area (TPSA) is 95.3 Å². The Hall–Kier alpha value is -0.554. The molecular formula is C27H52KN3O4S. The summed E-state index contributed by atoms with van der Waals surface area (Å²) in [4.78, 5) is 18.4. The van der Waals surface area contributed by atoms with Crippen LogP contribution < -0.4 is 51.4 Å². The molecule has 1 aliphatic heterocycles. The van der Waals surface area contributed by atoms with Gasteiger partial charge in [0.2, 0.25) is 5.91 Å². The predicted octanol–water partition coefficient (Wildman–Crippen LogP) is 4.13. The van der Waals surface area contributed by atoms with Crippen LogP contribution in [-0.4, -0.2) is 45.9 Å². The largest absolute Gasteiger partial charge is 1.00 e. The maximum Gasteiger partial charge on any atom is 1.00 e. The second-order valence-electron chi connectivity index (χ2n) is 7.81. The third kappa shape index (κ3) is 11.9. The van der Waals surface area contributed by atoms with Crippen LogP contribution in [0.1, 0.15) is 108 Å². The van der Waals surface area contributed by atoms with Gasteiger partial charge in [0.1, 0.15) is 10.1 Å². The number of hydrogen-bond donors (Lipinski definition) is 0. The summed E-state index contributed by atoms with van der Waals surface area (Å²) < 4.78 is 35.6. The molecule has 3 rings (SSSR count). The SMILES string of the molecule is C.C.C.C.C.C.CCC(CC(CC(C)c1ccc(S(=O)(=O)[O-])cc1)N1CCCC1=O)n1ccnc1.[K+]. The van der Waals surface area contributed by atoms with Gasteiger partial charge in [0.25, 0.3) is 0 Å². The predicted molar refractivity (Wildman–Crippen MR) is 149 cm³/mol. The van der Waals surface area contributed by atoms with Crippen LogP contribution >= 0.6 is 0 Å². The van der Waals surface area contributed by atoms with Gasteiger partial charge in [-0.2, -0.15) is 0 Å². The fraction of sp³-hybridized carbons (Fsp3) is 0.630. The molecular weight excluding hydrogens is 501 g/mol. The first-order chi connectivity index (χ1) is 13.8. The van der Waals surface area contributed by atoms with Crippen LogP contribution in [-0.2, 0) is 14.9 Å². The van der Waals surface area contributed by atoms with Crippen molar-refractivity contribution in [1.29, 1.82) is 0 Å². The zero-order valence-corrected chi connectivity index (χ0v) is 21.8. The van der Waals surface area contributed by atoms with Crippen molar-refractivity contribution in [2.45, 2.75) is 113 Å². The summed E-state index contributed by atoms with van der Waals surface area (Å²) in [7, 11) is -4.44. The molecule has 3 unspecified atom stereocenters. The molecule has 0 spiro atoms. The number of carbonyl (C=O) groups excluding carboxylic acids is 1. The van der Waals surface area contributed by atoms with E-state index in [2.05, 4.69) is 23.4 Å². The van der Waals surface area contributed by atoms with E-state index in [0.29, 0.717) is 6.42 Å². The molecule has 1 aliphatic rings. The van der Waals surface area contributed by atoms with Crippen molar-refractivity contribution >= 4 is 16.0 Å². The number of amides is 1. The van der Waals surface area contributed by atoms with Gasteiger partial charge in [-0.25, -0.2) is 13.4 Å². The molecule has 1 amide bonds. The van der Waals surface area contributed by atoms with Crippen molar-refractivity contribution in [2.24, 2.45) is 0 Å². The van der Waals surface area contributed by atoms with Gasteiger partial charge in [0, 0.05) is 37.4 Å². The molecule has 7 nitrogen and oxygen atoms in total. The Balaban J connectivity index is -0.000000458. The molecule has 0 radical (unpaired) electrons. The Morgan fingerprint density at radius 2 is 1.58 bits per heavy atom. The molecule has 36 heavy (non-hydrogen) atoms. The third-order valence-corrected chi connectivity index (χ3v) is 6.73. The van der Waals surface area contributed by atoms with E-state index in [1.165, 1.54) is 12.1 Å². The van der Waals surface area contributed by atoms with Gasteiger partial charge in [-0.15, -0.1) is 0 Å². The number of likely N-dealkylation sites (tertiary alicyclic amines) is 1. The first-order valence-electron chi connectivity index (χ1n) is 10.1. The maximum atomic E-state index is 12.5. The minimum Gasteiger partial charge on any atom is -0.744 e. The molecule has 206 valence electrons. The minimum atomic E-state index is -4.44. The van der Waals surface area contributed by atoms with Crippen molar-refractivity contribution in [3.05, 3.63) is 48.5 Å². The van der Waals surface area contributed by atoms with E-state index in [-0.39, 0.29) is 125 Å². The fourth-order valence-corrected chi connectivity index (χ4v) is 4.68. The second kappa shape index (κ2) is 20.4. The molecule has 3 atom stereocenters. The standard InChI is InChI=1S/C21H29N3O4S.6CH4.K/c1-3-18(23-12-10-22-15-23)14-19(24-11-4-5-21(24)25)13-16(2)17-6-8-20(9-7-17)29(26,27)28;;;;;;;/h6-10,12,15-16,18-19H,3-5,11,13-14H2,1-2H3,(H,26,27,28);6*1H4;/q;;;;;;;+1/p-1. The van der Waals surface area contributed by atoms with Gasteiger partial charge in [0.15, 0.2) is 0 Å². The monoisotopic (exact) mass is 553 g/mol. The van der Waals surface area contributed by atoms with E-state index >= 15 is 0 Å². The van der Waals surface area contributed by atoms with E-state index in [4.69, 9.17) is 0 Å². The van der Waals surface area contributed by atoms with Crippen LogP contribution in [0, 0.1) is 0 Å². The zero-order chi connectivity index (χ0) is 21.0. The summed E-state index contributed by atoms with van der Waals surface area (Å²) in [5.41, 5.74) is 0.963. The van der Waals surface area contributed by atoms with Gasteiger partial charge in [-0.3, -0.25) is 4.79 Å². The average molecular weight is 554 g/mol. The van der Waals surface area contributed by atoms with Gasteiger partial charge in [0.05, 0.1) is 11.2 Å². The Bertz CT molecular complexity index is 919. The van der Waals surface area contributed by atoms with Crippen LogP contribution in [0.5, 0.6) is 0 Å². The number of aromatic nitrogens is 2. The van der Waals surface area contributed by atoms with Crippen molar-refractivity contribution in [2.75, 3.05) is 6.54 Å². The van der Waals surface area contributed by atoms with E-state index in [0.717, 1.165) is 37.8 Å². The molecule has 1 aromatic carbocycles. The Labute approximate surface area is 265 Å². The minimum absolute atomic E-state index is 0. The maximum absolute atomic E-state index is 12.5. The molecule has 2 aromatic rings. The smallest absolute Gasteiger partial charge is 0.744 e. The van der Waals surface area contributed by atoms with E-state index < -0.39 is 10.1 Å². The number of imidazole rings is 1. The first-order valence-corrected chi connectivity index (χ1v) is 11.5. The summed E-state index contributed by atoms with van der Waals surface area (Å²) in [6, 6.07) is 6.48. The molecule has 1 saturated heterocycles. The van der Waals surface area contributed by atoms with Gasteiger partial charge in [-0.1, -0.05) is 70.5 Å². The van der Waals surface area contributed by atoms with Crippen LogP contribution in [0.4, 0.5) is 0 Å². The third-order valence-electron chi connectivity index (χ3n) is 5.88. The van der Waals surface area contributed by atoms with Gasteiger partial charge < -0.3 is 14.0 Å². The van der Waals surface area contributed by atoms with Crippen LogP contribution in [0.15, 0.2) is 47.9 Å². The van der Waals surface area contributed by atoms with Crippen molar-refractivity contribution in [3.8, 4) is 0 Å². The molecule has 9 heteroatoms. The molecule has 0 bridgehead atoms. The van der Waals surface area contributed by atoms with E-state index in [1.54, 1.807) is 18.3 Å². The zero-order valence-electron chi connectivity index (χ0n) is 17.9. The Kier molecular flexibility index (Phi) is 25.7. The van der Waals surface area contributed by atoms with Gasteiger partial charge in [-0.05, 0) is 49.3 Å². The molecule has 1 fully saturated rings. The number of benzene rings is 1. The second-order valence-corrected chi connectivity index (χ2v) is 9.19. The van der Waals surface area contributed by atoms with E-state index in [1.807, 2.05) is 17.4 Å². The van der Waals surface area contributed by atoms with Crippen LogP contribution in [0.3, 0.4) is 0 Å². The summed E-state index contributed by atoms with van der Waals surface area (Å²) in [6.45, 7) is 5.00. The van der Waals surface area contributed by atoms with Crippen LogP contribution in [0.25, 0.3) is 0 Å². The molecule has 2 heterocycles. The summed E-state index contributed by atoms with van der Waals surface area (Å²) in [5, 5.41) is 0. The summed E-state index contributed by atoms with van der Waals surface area (Å²) in [6.07, 6.45) is 9.61. The Morgan fingerprint density at radius 3 is 2.00 bits per heavy atom. The molecule has 0 aliphatic carbocycles. The average Bonchev–Trinajstić information content (AvgIpc) is 3.36. The summed E-state index contributed by atoms with van der Waals surface area (Å²) in [5.74, 6) is 0.326. The van der Waals surface area contributed by atoms with Gasteiger partial charge >= 0.3 is 51.4 Å². The van der Waals surface area contributed by atoms with Crippen molar-refractivity contribution in [1.82, 2.24) is 14.5 Å². The number of hydrogen-bond acceptors (Lipinski definition) is 5. The molecule has 0 N–H and O–H groups in total. The fourth-order valence-electron chi connectivity index (χ4n) is 4.21. The number of rotatable bonds is 9. The van der Waals surface area contributed by atoms with Crippen LogP contribution in [0.2, 0.25) is 0 Å². The van der Waals surface area contributed by atoms with E-state index in [9.17, 15) is 17.8 Å². The molecule has 1 aromatic heterocycles. The normalized spacial score (nSPS) is 14.5. The first kappa shape index (κ1) is 45.4. The van der Waals surface area contributed by atoms with Crippen molar-refractivity contribution in [3.63, 3.8) is 0 Å². The Morgan fingerprint density at radius 1 is 1.00 bits per heavy atom. The quantitative estimate of drug-likeness (QED) is 0.344. The molecule has 0 saturated carbocycles. The summed E-state index contributed by atoms with van der Waals surface area (Å²) >= 11 is 0.